The highest BCUT2D eigenvalue weighted by Gasteiger charge is 2.03. The first-order chi connectivity index (χ1) is 7.24. The third kappa shape index (κ3) is 4.04. The minimum Gasteiger partial charge on any atom is -0.460 e. The summed E-state index contributed by atoms with van der Waals surface area (Å²) < 4.78 is 4.79. The fourth-order valence-corrected chi connectivity index (χ4v) is 1.18. The van der Waals surface area contributed by atoms with Gasteiger partial charge in [0.15, 0.2) is 0 Å². The Hall–Kier alpha value is -1.48. The van der Waals surface area contributed by atoms with E-state index in [0.29, 0.717) is 5.02 Å². The Morgan fingerprint density at radius 2 is 2.27 bits per heavy atom. The predicted octanol–water partition coefficient (Wildman–Crippen LogP) is 2.48. The monoisotopic (exact) mass is 225 g/mol. The number of anilines is 1. The number of carbonyl (C=O) groups is 1. The molecular formula is C11H12ClNO2. The molecule has 0 radical (unpaired) electrons. The predicted molar refractivity (Wildman–Crippen MR) is 61.1 cm³/mol. The summed E-state index contributed by atoms with van der Waals surface area (Å²) in [6, 6.07) is 7.20. The van der Waals surface area contributed by atoms with E-state index in [1.807, 2.05) is 12.1 Å². The summed E-state index contributed by atoms with van der Waals surface area (Å²) in [5.41, 5.74) is 0.717. The summed E-state index contributed by atoms with van der Waals surface area (Å²) in [6.07, 6.45) is 1.52. The first-order valence-electron chi connectivity index (χ1n) is 4.49. The molecular weight excluding hydrogens is 214 g/mol. The number of esters is 1. The van der Waals surface area contributed by atoms with Crippen LogP contribution in [-0.2, 0) is 9.53 Å². The van der Waals surface area contributed by atoms with E-state index >= 15 is 0 Å². The van der Waals surface area contributed by atoms with Gasteiger partial charge in [-0.3, -0.25) is 4.79 Å². The lowest BCUT2D eigenvalue weighted by molar-refractivity contribution is -0.140. The van der Waals surface area contributed by atoms with Gasteiger partial charge in [0.2, 0.25) is 0 Å². The molecule has 1 aromatic carbocycles. The lowest BCUT2D eigenvalue weighted by atomic mass is 10.3. The van der Waals surface area contributed by atoms with Crippen molar-refractivity contribution in [2.75, 3.05) is 18.5 Å². The molecule has 0 atom stereocenters. The van der Waals surface area contributed by atoms with E-state index in [1.165, 1.54) is 6.08 Å². The van der Waals surface area contributed by atoms with Gasteiger partial charge in [-0.05, 0) is 12.1 Å². The Bertz CT molecular complexity index is 352. The highest BCUT2D eigenvalue weighted by Crippen LogP contribution is 2.19. The molecule has 80 valence electrons. The third-order valence-electron chi connectivity index (χ3n) is 1.66. The molecule has 0 aliphatic carbocycles. The topological polar surface area (TPSA) is 38.3 Å². The highest BCUT2D eigenvalue weighted by atomic mass is 35.5. The molecule has 0 saturated heterocycles. The Morgan fingerprint density at radius 1 is 1.53 bits per heavy atom. The molecule has 3 nitrogen and oxygen atoms in total. The van der Waals surface area contributed by atoms with E-state index in [9.17, 15) is 4.79 Å². The molecule has 4 heteroatoms. The summed E-state index contributed by atoms with van der Waals surface area (Å²) >= 11 is 5.88. The van der Waals surface area contributed by atoms with Crippen LogP contribution < -0.4 is 5.32 Å². The van der Waals surface area contributed by atoms with Gasteiger partial charge < -0.3 is 10.1 Å². The maximum atomic E-state index is 11.1. The Kier molecular flexibility index (Phi) is 4.71. The smallest absolute Gasteiger partial charge is 0.325 e. The van der Waals surface area contributed by atoms with Crippen LogP contribution in [0.15, 0.2) is 36.9 Å². The fraction of sp³-hybridized carbons (Fsp3) is 0.182. The second-order valence-corrected chi connectivity index (χ2v) is 3.21. The largest absolute Gasteiger partial charge is 0.460 e. The lowest BCUT2D eigenvalue weighted by Crippen LogP contribution is -2.16. The molecule has 0 saturated carbocycles. The summed E-state index contributed by atoms with van der Waals surface area (Å²) in [5, 5.41) is 3.46. The molecule has 1 N–H and O–H groups in total. The molecule has 1 rings (SSSR count). The fourth-order valence-electron chi connectivity index (χ4n) is 0.975. The van der Waals surface area contributed by atoms with Crippen molar-refractivity contribution in [2.45, 2.75) is 0 Å². The standard InChI is InChI=1S/C11H12ClNO2/c1-2-7-15-11(14)8-13-10-6-4-3-5-9(10)12/h2-6,13H,1,7-8H2. The van der Waals surface area contributed by atoms with Gasteiger partial charge in [0.05, 0.1) is 10.7 Å². The third-order valence-corrected chi connectivity index (χ3v) is 1.99. The summed E-state index contributed by atoms with van der Waals surface area (Å²) in [6.45, 7) is 3.77. The van der Waals surface area contributed by atoms with E-state index < -0.39 is 0 Å². The number of rotatable bonds is 5. The van der Waals surface area contributed by atoms with Crippen molar-refractivity contribution < 1.29 is 9.53 Å². The quantitative estimate of drug-likeness (QED) is 0.618. The van der Waals surface area contributed by atoms with Crippen LogP contribution in [0, 0.1) is 0 Å². The second-order valence-electron chi connectivity index (χ2n) is 2.81. The zero-order valence-corrected chi connectivity index (χ0v) is 8.96. The van der Waals surface area contributed by atoms with Crippen molar-refractivity contribution in [3.8, 4) is 0 Å². The van der Waals surface area contributed by atoms with E-state index in [0.717, 1.165) is 5.69 Å². The van der Waals surface area contributed by atoms with Crippen molar-refractivity contribution in [3.05, 3.63) is 41.9 Å². The van der Waals surface area contributed by atoms with Gasteiger partial charge in [-0.2, -0.15) is 0 Å². The lowest BCUT2D eigenvalue weighted by Gasteiger charge is -2.07. The van der Waals surface area contributed by atoms with Gasteiger partial charge in [0.25, 0.3) is 0 Å². The Balaban J connectivity index is 2.40. The zero-order chi connectivity index (χ0) is 11.1. The molecule has 0 unspecified atom stereocenters. The normalized spacial score (nSPS) is 9.40. The first kappa shape index (κ1) is 11.6. The van der Waals surface area contributed by atoms with Crippen molar-refractivity contribution in [1.29, 1.82) is 0 Å². The second kappa shape index (κ2) is 6.09. The van der Waals surface area contributed by atoms with Gasteiger partial charge in [0.1, 0.15) is 13.2 Å². The zero-order valence-electron chi connectivity index (χ0n) is 8.20. The number of hydrogen-bond donors (Lipinski definition) is 1. The van der Waals surface area contributed by atoms with E-state index in [4.69, 9.17) is 16.3 Å². The Labute approximate surface area is 93.7 Å². The van der Waals surface area contributed by atoms with Crippen molar-refractivity contribution in [2.24, 2.45) is 0 Å². The van der Waals surface area contributed by atoms with Crippen LogP contribution in [0.4, 0.5) is 5.69 Å². The average molecular weight is 226 g/mol. The maximum Gasteiger partial charge on any atom is 0.325 e. The molecule has 0 amide bonds. The van der Waals surface area contributed by atoms with Crippen LogP contribution in [0.5, 0.6) is 0 Å². The number of benzene rings is 1. The van der Waals surface area contributed by atoms with Gasteiger partial charge in [0, 0.05) is 0 Å². The maximum absolute atomic E-state index is 11.1. The van der Waals surface area contributed by atoms with Crippen LogP contribution >= 0.6 is 11.6 Å². The van der Waals surface area contributed by atoms with Gasteiger partial charge >= 0.3 is 5.97 Å². The van der Waals surface area contributed by atoms with Crippen LogP contribution in [0.2, 0.25) is 5.02 Å². The number of nitrogens with one attached hydrogen (secondary N) is 1. The van der Waals surface area contributed by atoms with Crippen LogP contribution in [0.3, 0.4) is 0 Å². The number of hydrogen-bond acceptors (Lipinski definition) is 3. The summed E-state index contributed by atoms with van der Waals surface area (Å²) in [7, 11) is 0. The van der Waals surface area contributed by atoms with Crippen LogP contribution in [0.25, 0.3) is 0 Å². The van der Waals surface area contributed by atoms with Crippen molar-refractivity contribution in [1.82, 2.24) is 0 Å². The summed E-state index contributed by atoms with van der Waals surface area (Å²) in [5.74, 6) is -0.338. The molecule has 0 spiro atoms. The Morgan fingerprint density at radius 3 is 2.93 bits per heavy atom. The number of halogens is 1. The molecule has 1 aromatic rings. The molecule has 0 bridgehead atoms. The molecule has 15 heavy (non-hydrogen) atoms. The first-order valence-corrected chi connectivity index (χ1v) is 4.86. The van der Waals surface area contributed by atoms with E-state index in [2.05, 4.69) is 11.9 Å². The number of carbonyl (C=O) groups excluding carboxylic acids is 1. The summed E-state index contributed by atoms with van der Waals surface area (Å²) in [4.78, 5) is 11.1. The van der Waals surface area contributed by atoms with Gasteiger partial charge in [-0.25, -0.2) is 0 Å². The van der Waals surface area contributed by atoms with Crippen LogP contribution in [0.1, 0.15) is 0 Å². The van der Waals surface area contributed by atoms with Crippen molar-refractivity contribution in [3.63, 3.8) is 0 Å². The molecule has 0 aromatic heterocycles. The molecule has 0 aliphatic rings. The van der Waals surface area contributed by atoms with E-state index in [-0.39, 0.29) is 19.1 Å². The minimum atomic E-state index is -0.338. The van der Waals surface area contributed by atoms with Gasteiger partial charge in [-0.15, -0.1) is 0 Å². The van der Waals surface area contributed by atoms with Crippen LogP contribution in [-0.4, -0.2) is 19.1 Å². The number of para-hydroxylation sites is 1. The van der Waals surface area contributed by atoms with Gasteiger partial charge in [-0.1, -0.05) is 36.4 Å². The SMILES string of the molecule is C=CCOC(=O)CNc1ccccc1Cl. The molecule has 0 heterocycles. The highest BCUT2D eigenvalue weighted by molar-refractivity contribution is 6.33. The van der Waals surface area contributed by atoms with Crippen molar-refractivity contribution >= 4 is 23.3 Å². The molecule has 0 aliphatic heterocycles. The molecule has 0 fully saturated rings. The minimum absolute atomic E-state index is 0.0948. The number of ether oxygens (including phenoxy) is 1. The van der Waals surface area contributed by atoms with E-state index in [1.54, 1.807) is 12.1 Å². The average Bonchev–Trinajstić information content (AvgIpc) is 2.25.